The lowest BCUT2D eigenvalue weighted by molar-refractivity contribution is 0.0526. The molecule has 1 saturated carbocycles. The first-order valence-corrected chi connectivity index (χ1v) is 9.30. The molecule has 24 heavy (non-hydrogen) atoms. The smallest absolute Gasteiger partial charge is 0.367 e. The molecule has 1 aliphatic carbocycles. The molecule has 0 amide bonds. The molecule has 2 aliphatic rings. The first-order chi connectivity index (χ1) is 11.8. The molecule has 0 spiro atoms. The van der Waals surface area contributed by atoms with Crippen LogP contribution < -0.4 is 9.80 Å². The van der Waals surface area contributed by atoms with E-state index in [9.17, 15) is 4.79 Å². The van der Waals surface area contributed by atoms with Gasteiger partial charge in [-0.05, 0) is 31.9 Å². The third-order valence-corrected chi connectivity index (χ3v) is 5.44. The van der Waals surface area contributed by atoms with Crippen LogP contribution in [0.4, 0.5) is 11.4 Å². The molecule has 0 N–H and O–H groups in total. The van der Waals surface area contributed by atoms with Gasteiger partial charge in [0.25, 0.3) is 0 Å². The fraction of sp³-hybridized carbons (Fsp3) is 0.444. The first kappa shape index (κ1) is 15.4. The van der Waals surface area contributed by atoms with Gasteiger partial charge in [-0.1, -0.05) is 12.1 Å². The minimum atomic E-state index is -0.326. The number of fused-ring (bicyclic) bond motifs is 1. The van der Waals surface area contributed by atoms with Crippen molar-refractivity contribution < 1.29 is 9.53 Å². The number of ether oxygens (including phenoxy) is 1. The van der Waals surface area contributed by atoms with E-state index in [0.29, 0.717) is 11.6 Å². The highest BCUT2D eigenvalue weighted by atomic mass is 32.1. The molecule has 0 atom stereocenters. The summed E-state index contributed by atoms with van der Waals surface area (Å²) < 4.78 is 5.02. The maximum Gasteiger partial charge on any atom is 0.367 e. The Morgan fingerprint density at radius 1 is 1.29 bits per heavy atom. The van der Waals surface area contributed by atoms with E-state index >= 15 is 0 Å². The van der Waals surface area contributed by atoms with E-state index in [1.165, 1.54) is 35.6 Å². The highest BCUT2D eigenvalue weighted by Gasteiger charge is 2.33. The molecule has 0 saturated heterocycles. The number of esters is 1. The maximum absolute atomic E-state index is 11.8. The van der Waals surface area contributed by atoms with E-state index in [-0.39, 0.29) is 5.97 Å². The van der Waals surface area contributed by atoms with Crippen molar-refractivity contribution in [1.29, 1.82) is 0 Å². The maximum atomic E-state index is 11.8. The normalized spacial score (nSPS) is 16.9. The number of nitrogens with zero attached hydrogens (tertiary/aromatic N) is 3. The molecule has 1 aromatic heterocycles. The summed E-state index contributed by atoms with van der Waals surface area (Å²) >= 11 is 1.43. The topological polar surface area (TPSA) is 45.7 Å². The van der Waals surface area contributed by atoms with Crippen molar-refractivity contribution in [3.05, 3.63) is 40.3 Å². The number of thiazole rings is 1. The third kappa shape index (κ3) is 2.98. The predicted molar refractivity (Wildman–Crippen MR) is 95.9 cm³/mol. The van der Waals surface area contributed by atoms with Crippen LogP contribution in [0.2, 0.25) is 0 Å². The zero-order valence-electron chi connectivity index (χ0n) is 13.8. The van der Waals surface area contributed by atoms with Gasteiger partial charge in [0.1, 0.15) is 0 Å². The van der Waals surface area contributed by atoms with E-state index in [1.807, 2.05) is 6.92 Å². The summed E-state index contributed by atoms with van der Waals surface area (Å²) in [4.78, 5) is 22.0. The Kier molecular flexibility index (Phi) is 4.14. The summed E-state index contributed by atoms with van der Waals surface area (Å²) in [6, 6.07) is 9.35. The molecule has 1 aliphatic heterocycles. The predicted octanol–water partition coefficient (Wildman–Crippen LogP) is 3.31. The number of hydrogen-bond donors (Lipinski definition) is 0. The second-order valence-corrected chi connectivity index (χ2v) is 7.30. The number of hydrogen-bond acceptors (Lipinski definition) is 6. The molecule has 6 heteroatoms. The van der Waals surface area contributed by atoms with Crippen LogP contribution >= 0.6 is 11.3 Å². The van der Waals surface area contributed by atoms with Gasteiger partial charge in [0.05, 0.1) is 24.5 Å². The van der Waals surface area contributed by atoms with E-state index in [1.54, 1.807) is 6.20 Å². The number of rotatable bonds is 5. The van der Waals surface area contributed by atoms with Gasteiger partial charge in [-0.15, -0.1) is 11.3 Å². The highest BCUT2D eigenvalue weighted by molar-refractivity contribution is 7.13. The van der Waals surface area contributed by atoms with Crippen molar-refractivity contribution >= 4 is 28.7 Å². The van der Waals surface area contributed by atoms with Crippen molar-refractivity contribution in [1.82, 2.24) is 4.98 Å². The Morgan fingerprint density at radius 2 is 2.08 bits per heavy atom. The van der Waals surface area contributed by atoms with Crippen LogP contribution in [0.25, 0.3) is 0 Å². The minimum absolute atomic E-state index is 0.326. The molecule has 0 radical (unpaired) electrons. The van der Waals surface area contributed by atoms with Crippen LogP contribution in [0.3, 0.4) is 0 Å². The summed E-state index contributed by atoms with van der Waals surface area (Å²) in [6.45, 7) is 5.03. The van der Waals surface area contributed by atoms with Gasteiger partial charge in [-0.3, -0.25) is 0 Å². The van der Waals surface area contributed by atoms with Gasteiger partial charge in [0.2, 0.25) is 5.01 Å². The Labute approximate surface area is 145 Å². The average Bonchev–Trinajstić information content (AvgIpc) is 3.33. The highest BCUT2D eigenvalue weighted by Crippen LogP contribution is 2.40. The third-order valence-electron chi connectivity index (χ3n) is 4.48. The summed E-state index contributed by atoms with van der Waals surface area (Å²) in [6.07, 6.45) is 4.42. The monoisotopic (exact) mass is 343 g/mol. The summed E-state index contributed by atoms with van der Waals surface area (Å²) in [5, 5.41) is 0.441. The van der Waals surface area contributed by atoms with E-state index in [2.05, 4.69) is 39.0 Å². The zero-order chi connectivity index (χ0) is 16.5. The second kappa shape index (κ2) is 6.43. The van der Waals surface area contributed by atoms with Gasteiger partial charge >= 0.3 is 5.97 Å². The van der Waals surface area contributed by atoms with Crippen molar-refractivity contribution in [2.75, 3.05) is 29.5 Å². The number of benzene rings is 1. The van der Waals surface area contributed by atoms with Crippen LogP contribution in [0.5, 0.6) is 0 Å². The van der Waals surface area contributed by atoms with Gasteiger partial charge in [-0.25, -0.2) is 9.78 Å². The van der Waals surface area contributed by atoms with Crippen molar-refractivity contribution in [3.63, 3.8) is 0 Å². The number of carbonyl (C=O) groups excluding carboxylic acids is 1. The molecule has 0 unspecified atom stereocenters. The zero-order valence-corrected chi connectivity index (χ0v) is 14.6. The van der Waals surface area contributed by atoms with Gasteiger partial charge in [0.15, 0.2) is 0 Å². The largest absolute Gasteiger partial charge is 0.461 e. The molecule has 1 fully saturated rings. The lowest BCUT2D eigenvalue weighted by Gasteiger charge is -2.39. The fourth-order valence-electron chi connectivity index (χ4n) is 3.23. The van der Waals surface area contributed by atoms with Crippen molar-refractivity contribution in [3.8, 4) is 0 Å². The Morgan fingerprint density at radius 3 is 2.83 bits per heavy atom. The molecule has 0 bridgehead atoms. The Hall–Kier alpha value is -2.08. The van der Waals surface area contributed by atoms with Crippen molar-refractivity contribution in [2.24, 2.45) is 0 Å². The lowest BCUT2D eigenvalue weighted by atomic mass is 10.1. The number of anilines is 2. The number of carbonyl (C=O) groups is 1. The Balaban J connectivity index is 1.52. The van der Waals surface area contributed by atoms with Crippen LogP contribution in [-0.2, 0) is 11.3 Å². The van der Waals surface area contributed by atoms with Crippen LogP contribution in [0.1, 0.15) is 34.4 Å². The minimum Gasteiger partial charge on any atom is -0.461 e. The van der Waals surface area contributed by atoms with Gasteiger partial charge < -0.3 is 14.5 Å². The molecular weight excluding hydrogens is 322 g/mol. The Bertz CT molecular complexity index is 741. The van der Waals surface area contributed by atoms with Crippen molar-refractivity contribution in [2.45, 2.75) is 32.4 Å². The molecule has 1 aromatic carbocycles. The standard InChI is InChI=1S/C18H21N3O2S/c1-2-23-18(22)17-19-11-14(24-17)12-20-9-10-21(13-7-8-13)16-6-4-3-5-15(16)20/h3-6,11,13H,2,7-10,12H2,1H3. The molecule has 2 heterocycles. The van der Waals surface area contributed by atoms with Crippen LogP contribution in [0.15, 0.2) is 30.5 Å². The quantitative estimate of drug-likeness (QED) is 0.780. The molecule has 4 rings (SSSR count). The van der Waals surface area contributed by atoms with E-state index in [4.69, 9.17) is 4.74 Å². The molecular formula is C18H21N3O2S. The molecule has 5 nitrogen and oxygen atoms in total. The van der Waals surface area contributed by atoms with E-state index < -0.39 is 0 Å². The molecule has 2 aromatic rings. The lowest BCUT2D eigenvalue weighted by Crippen LogP contribution is -2.41. The summed E-state index contributed by atoms with van der Waals surface area (Å²) in [5.74, 6) is -0.326. The number of aromatic nitrogens is 1. The summed E-state index contributed by atoms with van der Waals surface area (Å²) in [5.41, 5.74) is 2.61. The first-order valence-electron chi connectivity index (χ1n) is 8.48. The van der Waals surface area contributed by atoms with E-state index in [0.717, 1.165) is 30.6 Å². The molecule has 126 valence electrons. The van der Waals surface area contributed by atoms with Gasteiger partial charge in [-0.2, -0.15) is 0 Å². The van der Waals surface area contributed by atoms with Crippen LogP contribution in [-0.4, -0.2) is 36.7 Å². The second-order valence-electron chi connectivity index (χ2n) is 6.19. The number of para-hydroxylation sites is 2. The summed E-state index contributed by atoms with van der Waals surface area (Å²) in [7, 11) is 0. The average molecular weight is 343 g/mol. The van der Waals surface area contributed by atoms with Gasteiger partial charge in [0, 0.05) is 30.2 Å². The SMILES string of the molecule is CCOC(=O)c1ncc(CN2CCN(C3CC3)c3ccccc32)s1. The van der Waals surface area contributed by atoms with Crippen LogP contribution in [0, 0.1) is 0 Å². The fourth-order valence-corrected chi connectivity index (χ4v) is 4.05.